The first-order valence-corrected chi connectivity index (χ1v) is 5.47. The fourth-order valence-corrected chi connectivity index (χ4v) is 1.46. The summed E-state index contributed by atoms with van der Waals surface area (Å²) in [7, 11) is 1.45. The van der Waals surface area contributed by atoms with Crippen LogP contribution in [0, 0.1) is 0 Å². The molecule has 0 aliphatic rings. The van der Waals surface area contributed by atoms with Crippen molar-refractivity contribution in [3.63, 3.8) is 0 Å². The molecule has 0 amide bonds. The molecule has 1 aromatic rings. The van der Waals surface area contributed by atoms with Gasteiger partial charge in [-0.2, -0.15) is 13.2 Å². The summed E-state index contributed by atoms with van der Waals surface area (Å²) in [6.45, 7) is 0. The van der Waals surface area contributed by atoms with E-state index in [0.717, 1.165) is 12.1 Å². The molecule has 0 saturated heterocycles. The molecule has 0 saturated carbocycles. The van der Waals surface area contributed by atoms with Crippen molar-refractivity contribution in [3.8, 4) is 0 Å². The molecule has 0 aliphatic heterocycles. The largest absolute Gasteiger partial charge is 0.416 e. The van der Waals surface area contributed by atoms with Gasteiger partial charge in [-0.05, 0) is 23.8 Å². The topological polar surface area (TPSA) is 26.3 Å². The van der Waals surface area contributed by atoms with E-state index in [1.165, 1.54) is 31.4 Å². The Hall–Kier alpha value is -1.88. The fraction of sp³-hybridized carbons (Fsp3) is 0.214. The number of methoxy groups -OCH3 is 1. The summed E-state index contributed by atoms with van der Waals surface area (Å²) in [5.41, 5.74) is -0.0952. The van der Waals surface area contributed by atoms with Crippen molar-refractivity contribution in [2.75, 3.05) is 7.11 Å². The van der Waals surface area contributed by atoms with E-state index < -0.39 is 17.8 Å². The van der Waals surface area contributed by atoms with Crippen molar-refractivity contribution < 1.29 is 22.7 Å². The molecule has 0 N–H and O–H groups in total. The predicted molar refractivity (Wildman–Crippen MR) is 65.5 cm³/mol. The number of carbonyl (C=O) groups is 1. The van der Waals surface area contributed by atoms with E-state index in [4.69, 9.17) is 4.74 Å². The van der Waals surface area contributed by atoms with Crippen LogP contribution >= 0.6 is 0 Å². The Morgan fingerprint density at radius 1 is 1.11 bits per heavy atom. The minimum atomic E-state index is -4.34. The lowest BCUT2D eigenvalue weighted by Crippen LogP contribution is -2.05. The SMILES string of the molecule is COC(C=CC=CC=O)c1ccc(C(F)(F)F)cc1. The highest BCUT2D eigenvalue weighted by atomic mass is 19.4. The molecule has 0 aliphatic carbocycles. The van der Waals surface area contributed by atoms with E-state index in [-0.39, 0.29) is 0 Å². The van der Waals surface area contributed by atoms with Crippen molar-refractivity contribution in [3.05, 3.63) is 59.7 Å². The maximum absolute atomic E-state index is 12.4. The highest BCUT2D eigenvalue weighted by Gasteiger charge is 2.30. The van der Waals surface area contributed by atoms with Crippen LogP contribution in [0.4, 0.5) is 13.2 Å². The summed E-state index contributed by atoms with van der Waals surface area (Å²) in [5.74, 6) is 0. The molecule has 0 fully saturated rings. The summed E-state index contributed by atoms with van der Waals surface area (Å²) in [6.07, 6.45) is 1.88. The normalized spacial score (nSPS) is 14.1. The standard InChI is InChI=1S/C14H13F3O2/c1-19-13(5-3-2-4-10-18)11-6-8-12(9-7-11)14(15,16)17/h2-10,13H,1H3. The number of ether oxygens (including phenoxy) is 1. The van der Waals surface area contributed by atoms with Crippen molar-refractivity contribution in [2.45, 2.75) is 12.3 Å². The molecule has 102 valence electrons. The average molecular weight is 270 g/mol. The van der Waals surface area contributed by atoms with E-state index in [9.17, 15) is 18.0 Å². The summed E-state index contributed by atoms with van der Waals surface area (Å²) in [5, 5.41) is 0. The minimum absolute atomic E-state index is 0.460. The molecular weight excluding hydrogens is 257 g/mol. The number of allylic oxidation sites excluding steroid dienone is 3. The van der Waals surface area contributed by atoms with Crippen molar-refractivity contribution in [1.29, 1.82) is 0 Å². The van der Waals surface area contributed by atoms with Gasteiger partial charge < -0.3 is 4.74 Å². The zero-order valence-electron chi connectivity index (χ0n) is 10.2. The van der Waals surface area contributed by atoms with Gasteiger partial charge in [0.2, 0.25) is 0 Å². The Kier molecular flexibility index (Phi) is 5.51. The third-order valence-electron chi connectivity index (χ3n) is 2.41. The van der Waals surface area contributed by atoms with Gasteiger partial charge in [-0.15, -0.1) is 0 Å². The van der Waals surface area contributed by atoms with Gasteiger partial charge in [-0.1, -0.05) is 30.4 Å². The summed E-state index contributed by atoms with van der Waals surface area (Å²) >= 11 is 0. The number of aldehydes is 1. The number of hydrogen-bond acceptors (Lipinski definition) is 2. The predicted octanol–water partition coefficient (Wildman–Crippen LogP) is 3.70. The molecule has 2 nitrogen and oxygen atoms in total. The Bertz CT molecular complexity index is 459. The lowest BCUT2D eigenvalue weighted by molar-refractivity contribution is -0.137. The van der Waals surface area contributed by atoms with E-state index in [0.29, 0.717) is 11.8 Å². The molecule has 1 aromatic carbocycles. The second-order valence-corrected chi connectivity index (χ2v) is 3.68. The van der Waals surface area contributed by atoms with Crippen LogP contribution in [0.25, 0.3) is 0 Å². The minimum Gasteiger partial charge on any atom is -0.373 e. The molecule has 0 heterocycles. The maximum Gasteiger partial charge on any atom is 0.416 e. The highest BCUT2D eigenvalue weighted by molar-refractivity contribution is 5.65. The third kappa shape index (κ3) is 4.71. The molecule has 0 aromatic heterocycles. The summed E-state index contributed by atoms with van der Waals surface area (Å²) in [6, 6.07) is 4.75. The Labute approximate surface area is 109 Å². The molecule has 0 bridgehead atoms. The molecular formula is C14H13F3O2. The monoisotopic (exact) mass is 270 g/mol. The number of benzene rings is 1. The first-order chi connectivity index (χ1) is 8.99. The van der Waals surface area contributed by atoms with Gasteiger partial charge in [0.25, 0.3) is 0 Å². The van der Waals surface area contributed by atoms with E-state index in [2.05, 4.69) is 0 Å². The number of rotatable bonds is 5. The van der Waals surface area contributed by atoms with Gasteiger partial charge in [0.05, 0.1) is 5.56 Å². The Morgan fingerprint density at radius 2 is 1.74 bits per heavy atom. The number of hydrogen-bond donors (Lipinski definition) is 0. The zero-order valence-corrected chi connectivity index (χ0v) is 10.2. The number of alkyl halides is 3. The molecule has 19 heavy (non-hydrogen) atoms. The fourth-order valence-electron chi connectivity index (χ4n) is 1.46. The van der Waals surface area contributed by atoms with Gasteiger partial charge in [0.1, 0.15) is 12.4 Å². The van der Waals surface area contributed by atoms with Gasteiger partial charge >= 0.3 is 6.18 Å². The zero-order chi connectivity index (χ0) is 14.3. The van der Waals surface area contributed by atoms with Crippen molar-refractivity contribution in [1.82, 2.24) is 0 Å². The van der Waals surface area contributed by atoms with Crippen LogP contribution in [0.5, 0.6) is 0 Å². The first kappa shape index (κ1) is 15.2. The summed E-state index contributed by atoms with van der Waals surface area (Å²) < 4.78 is 42.4. The third-order valence-corrected chi connectivity index (χ3v) is 2.41. The molecule has 1 atom stereocenters. The van der Waals surface area contributed by atoms with Crippen molar-refractivity contribution >= 4 is 6.29 Å². The second-order valence-electron chi connectivity index (χ2n) is 3.68. The van der Waals surface area contributed by atoms with E-state index in [1.807, 2.05) is 0 Å². The Balaban J connectivity index is 2.85. The lowest BCUT2D eigenvalue weighted by Gasteiger charge is -2.12. The van der Waals surface area contributed by atoms with E-state index in [1.54, 1.807) is 12.2 Å². The lowest BCUT2D eigenvalue weighted by atomic mass is 10.1. The van der Waals surface area contributed by atoms with Crippen LogP contribution in [0.3, 0.4) is 0 Å². The Morgan fingerprint density at radius 3 is 2.21 bits per heavy atom. The van der Waals surface area contributed by atoms with Crippen molar-refractivity contribution in [2.24, 2.45) is 0 Å². The molecule has 5 heteroatoms. The van der Waals surface area contributed by atoms with Gasteiger partial charge in [0.15, 0.2) is 0 Å². The smallest absolute Gasteiger partial charge is 0.373 e. The van der Waals surface area contributed by atoms with E-state index >= 15 is 0 Å². The average Bonchev–Trinajstić information content (AvgIpc) is 2.38. The van der Waals surface area contributed by atoms with Gasteiger partial charge in [-0.3, -0.25) is 4.79 Å². The summed E-state index contributed by atoms with van der Waals surface area (Å²) in [4.78, 5) is 10.1. The van der Waals surface area contributed by atoms with Crippen LogP contribution < -0.4 is 0 Å². The van der Waals surface area contributed by atoms with Gasteiger partial charge in [-0.25, -0.2) is 0 Å². The molecule has 1 unspecified atom stereocenters. The highest BCUT2D eigenvalue weighted by Crippen LogP contribution is 2.30. The van der Waals surface area contributed by atoms with Gasteiger partial charge in [0, 0.05) is 7.11 Å². The van der Waals surface area contributed by atoms with Crippen LogP contribution in [-0.2, 0) is 15.7 Å². The molecule has 1 rings (SSSR count). The second kappa shape index (κ2) is 6.89. The van der Waals surface area contributed by atoms with Crippen LogP contribution in [-0.4, -0.2) is 13.4 Å². The quantitative estimate of drug-likeness (QED) is 0.463. The van der Waals surface area contributed by atoms with Crippen LogP contribution in [0.1, 0.15) is 17.2 Å². The molecule has 0 radical (unpaired) electrons. The maximum atomic E-state index is 12.4. The number of halogens is 3. The van der Waals surface area contributed by atoms with Crippen LogP contribution in [0.2, 0.25) is 0 Å². The van der Waals surface area contributed by atoms with Crippen LogP contribution in [0.15, 0.2) is 48.6 Å². The first-order valence-electron chi connectivity index (χ1n) is 5.47. The number of carbonyl (C=O) groups excluding carboxylic acids is 1. The molecule has 0 spiro atoms.